The number of aliphatic hydroxyl groups excluding tert-OH is 1. The summed E-state index contributed by atoms with van der Waals surface area (Å²) in [6.07, 6.45) is 2.31. The average Bonchev–Trinajstić information content (AvgIpc) is 3.23. The second kappa shape index (κ2) is 11.2. The maximum Gasteiger partial charge on any atom is 0.329 e. The van der Waals surface area contributed by atoms with E-state index in [-0.39, 0.29) is 30.3 Å². The molecule has 0 aliphatic heterocycles. The number of hydrogen-bond acceptors (Lipinski definition) is 7. The zero-order valence-electron chi connectivity index (χ0n) is 19.7. The smallest absolute Gasteiger partial charge is 0.329 e. The Morgan fingerprint density at radius 1 is 1.22 bits per heavy atom. The molecule has 2 heterocycles. The number of rotatable bonds is 9. The van der Waals surface area contributed by atoms with E-state index in [4.69, 9.17) is 4.74 Å². The Kier molecular flexibility index (Phi) is 7.81. The molecule has 0 spiro atoms. The van der Waals surface area contributed by atoms with Crippen molar-refractivity contribution in [3.63, 3.8) is 0 Å². The van der Waals surface area contributed by atoms with Crippen molar-refractivity contribution >= 4 is 43.7 Å². The number of para-hydroxylation sites is 1. The second-order valence-corrected chi connectivity index (χ2v) is 8.89. The number of ether oxygens (including phenoxy) is 1. The number of aromatic amines is 1. The van der Waals surface area contributed by atoms with Gasteiger partial charge in [-0.2, -0.15) is 10.1 Å². The molecule has 0 amide bonds. The molecular formula is C25H25BrN6O4. The molecule has 0 unspecified atom stereocenters. The van der Waals surface area contributed by atoms with Crippen LogP contribution in [0.5, 0.6) is 5.75 Å². The lowest BCUT2D eigenvalue weighted by Crippen LogP contribution is -2.30. The van der Waals surface area contributed by atoms with E-state index >= 15 is 0 Å². The van der Waals surface area contributed by atoms with Gasteiger partial charge in [0, 0.05) is 17.7 Å². The summed E-state index contributed by atoms with van der Waals surface area (Å²) in [6, 6.07) is 17.2. The molecule has 0 fully saturated rings. The van der Waals surface area contributed by atoms with Gasteiger partial charge in [-0.3, -0.25) is 14.3 Å². The van der Waals surface area contributed by atoms with Gasteiger partial charge in [-0.05, 0) is 30.2 Å². The molecule has 3 N–H and O–H groups in total. The predicted octanol–water partition coefficient (Wildman–Crippen LogP) is 3.01. The molecule has 0 aliphatic rings. The number of H-pyrrole nitrogens is 1. The quantitative estimate of drug-likeness (QED) is 0.216. The van der Waals surface area contributed by atoms with Gasteiger partial charge in [0.1, 0.15) is 18.5 Å². The minimum Gasteiger partial charge on any atom is -0.491 e. The number of nitrogens with one attached hydrogen (secondary N) is 2. The van der Waals surface area contributed by atoms with Crippen LogP contribution in [0.1, 0.15) is 11.1 Å². The van der Waals surface area contributed by atoms with Crippen molar-refractivity contribution in [2.24, 2.45) is 12.1 Å². The third-order valence-electron chi connectivity index (χ3n) is 5.43. The van der Waals surface area contributed by atoms with Crippen molar-refractivity contribution < 1.29 is 9.84 Å². The molecule has 186 valence electrons. The second-order valence-electron chi connectivity index (χ2n) is 8.04. The van der Waals surface area contributed by atoms with Gasteiger partial charge >= 0.3 is 5.69 Å². The average molecular weight is 553 g/mol. The number of benzene rings is 2. The summed E-state index contributed by atoms with van der Waals surface area (Å²) in [4.78, 5) is 31.4. The summed E-state index contributed by atoms with van der Waals surface area (Å²) in [5, 5.41) is 14.9. The number of imidazole rings is 1. The summed E-state index contributed by atoms with van der Waals surface area (Å²) in [6.45, 7) is 1.88. The SMILES string of the molecule is Cc1ccccc1OC[C@@H](O)Cn1c(N/N=C/C=C(\Br)c2ccccc2)nc2c1c(=O)[nH]c(=O)n2C. The molecule has 0 aliphatic carbocycles. The maximum atomic E-state index is 12.6. The third kappa shape index (κ3) is 5.64. The minimum absolute atomic E-state index is 0.0103. The van der Waals surface area contributed by atoms with Crippen LogP contribution < -0.4 is 21.4 Å². The van der Waals surface area contributed by atoms with Gasteiger partial charge in [-0.15, -0.1) is 0 Å². The largest absolute Gasteiger partial charge is 0.491 e. The molecule has 4 rings (SSSR count). The normalized spacial score (nSPS) is 12.8. The van der Waals surface area contributed by atoms with E-state index < -0.39 is 17.4 Å². The van der Waals surface area contributed by atoms with Crippen LogP contribution in [0.4, 0.5) is 5.95 Å². The molecular weight excluding hydrogens is 528 g/mol. The molecule has 36 heavy (non-hydrogen) atoms. The Morgan fingerprint density at radius 2 is 1.94 bits per heavy atom. The summed E-state index contributed by atoms with van der Waals surface area (Å²) >= 11 is 3.51. The number of aryl methyl sites for hydroxylation is 2. The van der Waals surface area contributed by atoms with Crippen molar-refractivity contribution in [3.8, 4) is 5.75 Å². The number of aliphatic hydroxyl groups is 1. The first kappa shape index (κ1) is 25.1. The number of allylic oxidation sites excluding steroid dienone is 1. The number of hydrazone groups is 1. The highest BCUT2D eigenvalue weighted by molar-refractivity contribution is 9.15. The van der Waals surface area contributed by atoms with E-state index in [1.54, 1.807) is 6.08 Å². The van der Waals surface area contributed by atoms with Gasteiger partial charge < -0.3 is 14.4 Å². The van der Waals surface area contributed by atoms with E-state index in [0.29, 0.717) is 5.75 Å². The van der Waals surface area contributed by atoms with Crippen LogP contribution in [0, 0.1) is 6.92 Å². The predicted molar refractivity (Wildman–Crippen MR) is 144 cm³/mol. The number of aromatic nitrogens is 4. The number of hydrogen-bond donors (Lipinski definition) is 3. The van der Waals surface area contributed by atoms with Gasteiger partial charge in [0.15, 0.2) is 11.2 Å². The van der Waals surface area contributed by atoms with Gasteiger partial charge in [0.2, 0.25) is 5.95 Å². The molecule has 11 heteroatoms. The molecule has 0 saturated carbocycles. The zero-order chi connectivity index (χ0) is 25.7. The fraction of sp³-hybridized carbons (Fsp3) is 0.200. The highest BCUT2D eigenvalue weighted by atomic mass is 79.9. The first-order valence-corrected chi connectivity index (χ1v) is 11.9. The molecule has 4 aromatic rings. The van der Waals surface area contributed by atoms with Crippen LogP contribution in [-0.4, -0.2) is 43.1 Å². The van der Waals surface area contributed by atoms with Crippen LogP contribution in [0.3, 0.4) is 0 Å². The van der Waals surface area contributed by atoms with E-state index in [1.807, 2.05) is 61.5 Å². The van der Waals surface area contributed by atoms with Crippen LogP contribution >= 0.6 is 15.9 Å². The fourth-order valence-electron chi connectivity index (χ4n) is 3.56. The summed E-state index contributed by atoms with van der Waals surface area (Å²) in [7, 11) is 1.50. The lowest BCUT2D eigenvalue weighted by atomic mass is 10.2. The first-order chi connectivity index (χ1) is 17.3. The first-order valence-electron chi connectivity index (χ1n) is 11.1. The van der Waals surface area contributed by atoms with Crippen molar-refractivity contribution in [2.45, 2.75) is 19.6 Å². The van der Waals surface area contributed by atoms with Crippen molar-refractivity contribution in [2.75, 3.05) is 12.0 Å². The van der Waals surface area contributed by atoms with Crippen molar-refractivity contribution in [1.82, 2.24) is 19.1 Å². The number of nitrogens with zero attached hydrogens (tertiary/aromatic N) is 4. The lowest BCUT2D eigenvalue weighted by Gasteiger charge is -2.16. The zero-order valence-corrected chi connectivity index (χ0v) is 21.3. The van der Waals surface area contributed by atoms with E-state index in [2.05, 4.69) is 36.4 Å². The lowest BCUT2D eigenvalue weighted by molar-refractivity contribution is 0.0935. The Hall–Kier alpha value is -3.96. The molecule has 2 aromatic carbocycles. The highest BCUT2D eigenvalue weighted by Gasteiger charge is 2.20. The Balaban J connectivity index is 1.59. The molecule has 0 saturated heterocycles. The molecule has 1 atom stereocenters. The minimum atomic E-state index is -0.977. The standard InChI is InChI=1S/C25H25BrN6O4/c1-16-8-6-7-11-20(16)36-15-18(33)14-32-21-22(31(2)25(35)29-23(21)34)28-24(32)30-27-13-12-19(26)17-9-4-3-5-10-17/h3-13,18,33H,14-15H2,1-2H3,(H,28,30)(H,29,34,35)/b19-12-,27-13+/t18-/m0/s1. The number of halogens is 1. The van der Waals surface area contributed by atoms with Crippen LogP contribution in [-0.2, 0) is 13.6 Å². The summed E-state index contributed by atoms with van der Waals surface area (Å²) in [5.41, 5.74) is 3.81. The summed E-state index contributed by atoms with van der Waals surface area (Å²) < 4.78 is 9.28. The molecule has 0 bridgehead atoms. The van der Waals surface area contributed by atoms with Crippen molar-refractivity contribution in [3.05, 3.63) is 92.6 Å². The van der Waals surface area contributed by atoms with Crippen molar-refractivity contribution in [1.29, 1.82) is 0 Å². The van der Waals surface area contributed by atoms with Gasteiger partial charge in [0.05, 0.1) is 6.54 Å². The van der Waals surface area contributed by atoms with Crippen LogP contribution in [0.25, 0.3) is 15.6 Å². The van der Waals surface area contributed by atoms with Crippen LogP contribution in [0.15, 0.2) is 75.4 Å². The fourth-order valence-corrected chi connectivity index (χ4v) is 3.94. The maximum absolute atomic E-state index is 12.6. The number of anilines is 1. The number of fused-ring (bicyclic) bond motifs is 1. The molecule has 2 aromatic heterocycles. The topological polar surface area (TPSA) is 127 Å². The van der Waals surface area contributed by atoms with Crippen LogP contribution in [0.2, 0.25) is 0 Å². The third-order valence-corrected chi connectivity index (χ3v) is 6.16. The van der Waals surface area contributed by atoms with E-state index in [0.717, 1.165) is 15.6 Å². The molecule has 0 radical (unpaired) electrons. The Bertz CT molecular complexity index is 1540. The molecule has 10 nitrogen and oxygen atoms in total. The van der Waals surface area contributed by atoms with E-state index in [1.165, 1.54) is 22.4 Å². The monoisotopic (exact) mass is 552 g/mol. The van der Waals surface area contributed by atoms with Gasteiger partial charge in [-0.1, -0.05) is 64.5 Å². The Labute approximate surface area is 214 Å². The van der Waals surface area contributed by atoms with E-state index in [9.17, 15) is 14.7 Å². The van der Waals surface area contributed by atoms with Gasteiger partial charge in [-0.25, -0.2) is 10.2 Å². The Morgan fingerprint density at radius 3 is 2.69 bits per heavy atom. The van der Waals surface area contributed by atoms with Gasteiger partial charge in [0.25, 0.3) is 5.56 Å². The highest BCUT2D eigenvalue weighted by Crippen LogP contribution is 2.20. The summed E-state index contributed by atoms with van der Waals surface area (Å²) in [5.74, 6) is 0.845.